The van der Waals surface area contributed by atoms with E-state index in [-0.39, 0.29) is 29.4 Å². The maximum atomic E-state index is 13.1. The number of aromatic nitrogens is 2. The Morgan fingerprint density at radius 3 is 2.06 bits per heavy atom. The summed E-state index contributed by atoms with van der Waals surface area (Å²) >= 11 is 0. The summed E-state index contributed by atoms with van der Waals surface area (Å²) in [7, 11) is -3.99. The Kier molecular flexibility index (Phi) is 6.14. The number of benzene rings is 3. The highest BCUT2D eigenvalue weighted by atomic mass is 32.2. The molecular formula is C23H17F6N3O2S. The molecule has 5 nitrogen and oxygen atoms in total. The summed E-state index contributed by atoms with van der Waals surface area (Å²) in [6.07, 6.45) is -9.90. The summed E-state index contributed by atoms with van der Waals surface area (Å²) in [5.74, 6) is 0.350. The van der Waals surface area contributed by atoms with E-state index in [0.717, 1.165) is 0 Å². The molecule has 3 aromatic carbocycles. The molecule has 1 heterocycles. The second-order valence-electron chi connectivity index (χ2n) is 7.87. The average molecular weight is 513 g/mol. The fourth-order valence-electron chi connectivity index (χ4n) is 3.72. The highest BCUT2D eigenvalue weighted by molar-refractivity contribution is 7.89. The van der Waals surface area contributed by atoms with Gasteiger partial charge in [0.2, 0.25) is 10.0 Å². The Labute approximate surface area is 195 Å². The lowest BCUT2D eigenvalue weighted by molar-refractivity contribution is -0.143. The highest BCUT2D eigenvalue weighted by Crippen LogP contribution is 2.36. The number of rotatable bonds is 5. The maximum Gasteiger partial charge on any atom is 0.416 e. The van der Waals surface area contributed by atoms with Gasteiger partial charge in [-0.2, -0.15) is 26.3 Å². The molecule has 0 unspecified atom stereocenters. The zero-order valence-corrected chi connectivity index (χ0v) is 18.5. The van der Waals surface area contributed by atoms with Crippen LogP contribution >= 0.6 is 0 Å². The van der Waals surface area contributed by atoms with E-state index in [1.807, 2.05) is 0 Å². The van der Waals surface area contributed by atoms with Gasteiger partial charge in [-0.05, 0) is 53.9 Å². The van der Waals surface area contributed by atoms with Gasteiger partial charge >= 0.3 is 12.4 Å². The molecule has 0 aliphatic heterocycles. The summed E-state index contributed by atoms with van der Waals surface area (Å²) in [5, 5.41) is 5.29. The first-order valence-electron chi connectivity index (χ1n) is 10.1. The van der Waals surface area contributed by atoms with Gasteiger partial charge in [-0.3, -0.25) is 0 Å². The second-order valence-corrected chi connectivity index (χ2v) is 9.40. The van der Waals surface area contributed by atoms with Crippen LogP contribution in [0.4, 0.5) is 26.3 Å². The predicted octanol–water partition coefficient (Wildman–Crippen LogP) is 5.70. The molecular weight excluding hydrogens is 496 g/mol. The monoisotopic (exact) mass is 513 g/mol. The van der Waals surface area contributed by atoms with Crippen LogP contribution in [0, 0.1) is 0 Å². The van der Waals surface area contributed by atoms with Crippen molar-refractivity contribution < 1.29 is 34.8 Å². The van der Waals surface area contributed by atoms with E-state index in [4.69, 9.17) is 5.14 Å². The molecule has 12 heteroatoms. The normalized spacial score (nSPS) is 12.9. The number of nitrogens with zero attached hydrogens (tertiary/aromatic N) is 1. The second kappa shape index (κ2) is 8.68. The number of halogens is 6. The standard InChI is InChI=1S/C23H17F6N3O2S/c24-22(25,26)15-9-13(10-16(12-15)23(27,28)29)5-8-21-31-18-7-6-14(11-19(18)32-21)17-3-1-2-4-20(17)35(30,33)34/h1-4,6-7,9-12H,5,8H2,(H,31,32)(H2,30,33,34). The lowest BCUT2D eigenvalue weighted by atomic mass is 10.0. The third-order valence-electron chi connectivity index (χ3n) is 5.33. The van der Waals surface area contributed by atoms with Crippen LogP contribution in [0.5, 0.6) is 0 Å². The zero-order chi connectivity index (χ0) is 25.6. The van der Waals surface area contributed by atoms with Crippen molar-refractivity contribution in [3.8, 4) is 11.1 Å². The number of H-pyrrole nitrogens is 1. The van der Waals surface area contributed by atoms with Crippen molar-refractivity contribution in [1.82, 2.24) is 9.97 Å². The third kappa shape index (κ3) is 5.49. The summed E-state index contributed by atoms with van der Waals surface area (Å²) in [6, 6.07) is 12.5. The van der Waals surface area contributed by atoms with Crippen molar-refractivity contribution in [2.75, 3.05) is 0 Å². The minimum Gasteiger partial charge on any atom is -0.342 e. The van der Waals surface area contributed by atoms with E-state index in [2.05, 4.69) is 9.97 Å². The Balaban J connectivity index is 1.63. The molecule has 1 aromatic heterocycles. The Bertz CT molecular complexity index is 1480. The molecule has 0 spiro atoms. The highest BCUT2D eigenvalue weighted by Gasteiger charge is 2.36. The molecule has 35 heavy (non-hydrogen) atoms. The molecule has 0 aliphatic carbocycles. The first-order valence-corrected chi connectivity index (χ1v) is 11.7. The van der Waals surface area contributed by atoms with Crippen LogP contribution in [0.3, 0.4) is 0 Å². The molecule has 0 atom stereocenters. The fourth-order valence-corrected chi connectivity index (χ4v) is 4.48. The van der Waals surface area contributed by atoms with Crippen LogP contribution in [0.2, 0.25) is 0 Å². The van der Waals surface area contributed by atoms with Crippen LogP contribution in [0.15, 0.2) is 65.6 Å². The number of imidazole rings is 1. The molecule has 4 rings (SSSR count). The number of nitrogens with one attached hydrogen (secondary N) is 1. The van der Waals surface area contributed by atoms with Gasteiger partial charge in [-0.15, -0.1) is 0 Å². The number of nitrogens with two attached hydrogens (primary N) is 1. The first-order chi connectivity index (χ1) is 16.2. The van der Waals surface area contributed by atoms with Crippen molar-refractivity contribution in [3.63, 3.8) is 0 Å². The van der Waals surface area contributed by atoms with Gasteiger partial charge < -0.3 is 4.98 Å². The van der Waals surface area contributed by atoms with Gasteiger partial charge in [-0.25, -0.2) is 18.5 Å². The number of fused-ring (bicyclic) bond motifs is 1. The van der Waals surface area contributed by atoms with Crippen molar-refractivity contribution in [2.24, 2.45) is 5.14 Å². The summed E-state index contributed by atoms with van der Waals surface area (Å²) in [4.78, 5) is 7.28. The largest absolute Gasteiger partial charge is 0.416 e. The van der Waals surface area contributed by atoms with E-state index >= 15 is 0 Å². The summed E-state index contributed by atoms with van der Waals surface area (Å²) in [6.45, 7) is 0. The predicted molar refractivity (Wildman–Crippen MR) is 117 cm³/mol. The average Bonchev–Trinajstić information content (AvgIpc) is 3.18. The van der Waals surface area contributed by atoms with Gasteiger partial charge in [0.15, 0.2) is 0 Å². The topological polar surface area (TPSA) is 88.8 Å². The lowest BCUT2D eigenvalue weighted by Crippen LogP contribution is -2.13. The molecule has 0 bridgehead atoms. The number of aromatic amines is 1. The molecule has 4 aromatic rings. The van der Waals surface area contributed by atoms with Crippen LogP contribution < -0.4 is 5.14 Å². The van der Waals surface area contributed by atoms with E-state index < -0.39 is 33.5 Å². The van der Waals surface area contributed by atoms with Crippen LogP contribution in [0.25, 0.3) is 22.2 Å². The third-order valence-corrected chi connectivity index (χ3v) is 6.30. The van der Waals surface area contributed by atoms with Crippen molar-refractivity contribution >= 4 is 21.1 Å². The molecule has 0 radical (unpaired) electrons. The van der Waals surface area contributed by atoms with E-state index in [1.54, 1.807) is 30.3 Å². The SMILES string of the molecule is NS(=O)(=O)c1ccccc1-c1ccc2[nH]c(CCc3cc(C(F)(F)F)cc(C(F)(F)F)c3)nc2c1. The molecule has 0 fully saturated rings. The maximum absolute atomic E-state index is 13.1. The Morgan fingerprint density at radius 1 is 0.829 bits per heavy atom. The van der Waals surface area contributed by atoms with Crippen molar-refractivity contribution in [2.45, 2.75) is 30.1 Å². The molecule has 0 saturated heterocycles. The quantitative estimate of drug-likeness (QED) is 0.336. The smallest absolute Gasteiger partial charge is 0.342 e. The molecule has 0 amide bonds. The van der Waals surface area contributed by atoms with Crippen LogP contribution in [-0.2, 0) is 35.2 Å². The number of hydrogen-bond acceptors (Lipinski definition) is 3. The Hall–Kier alpha value is -3.38. The number of aryl methyl sites for hydroxylation is 2. The number of sulfonamides is 1. The van der Waals surface area contributed by atoms with Crippen molar-refractivity contribution in [1.29, 1.82) is 0 Å². The van der Waals surface area contributed by atoms with Gasteiger partial charge in [0, 0.05) is 12.0 Å². The van der Waals surface area contributed by atoms with Gasteiger partial charge in [0.25, 0.3) is 0 Å². The van der Waals surface area contributed by atoms with Crippen molar-refractivity contribution in [3.05, 3.63) is 83.2 Å². The summed E-state index contributed by atoms with van der Waals surface area (Å²) in [5.41, 5.74) is -0.970. The first kappa shape index (κ1) is 24.7. The molecule has 0 saturated carbocycles. The van der Waals surface area contributed by atoms with E-state index in [0.29, 0.717) is 40.1 Å². The minimum absolute atomic E-state index is 0.0520. The number of alkyl halides is 6. The van der Waals surface area contributed by atoms with E-state index in [1.165, 1.54) is 12.1 Å². The fraction of sp³-hybridized carbons (Fsp3) is 0.174. The number of primary sulfonamides is 1. The lowest BCUT2D eigenvalue weighted by Gasteiger charge is -2.14. The van der Waals surface area contributed by atoms with Gasteiger partial charge in [-0.1, -0.05) is 24.3 Å². The van der Waals surface area contributed by atoms with Crippen LogP contribution in [-0.4, -0.2) is 18.4 Å². The Morgan fingerprint density at radius 2 is 1.46 bits per heavy atom. The van der Waals surface area contributed by atoms with E-state index in [9.17, 15) is 34.8 Å². The molecule has 3 N–H and O–H groups in total. The zero-order valence-electron chi connectivity index (χ0n) is 17.7. The van der Waals surface area contributed by atoms with Crippen LogP contribution in [0.1, 0.15) is 22.5 Å². The van der Waals surface area contributed by atoms with Gasteiger partial charge in [0.1, 0.15) is 5.82 Å². The molecule has 184 valence electrons. The number of hydrogen-bond donors (Lipinski definition) is 2. The van der Waals surface area contributed by atoms with Gasteiger partial charge in [0.05, 0.1) is 27.1 Å². The molecule has 0 aliphatic rings. The minimum atomic E-state index is -4.92. The summed E-state index contributed by atoms with van der Waals surface area (Å²) < 4.78 is 102.